The topological polar surface area (TPSA) is 38.3 Å². The van der Waals surface area contributed by atoms with Crippen molar-refractivity contribution in [2.24, 2.45) is 0 Å². The SMILES string of the molecule is CCC(C)(CCBr)NC(=O)c1cc(OC)cs1. The second kappa shape index (κ2) is 6.40. The van der Waals surface area contributed by atoms with E-state index in [1.165, 1.54) is 11.3 Å². The third-order valence-electron chi connectivity index (χ3n) is 2.88. The Hall–Kier alpha value is -0.550. The highest BCUT2D eigenvalue weighted by Gasteiger charge is 2.24. The highest BCUT2D eigenvalue weighted by molar-refractivity contribution is 9.09. The van der Waals surface area contributed by atoms with Crippen LogP contribution in [0.4, 0.5) is 0 Å². The summed E-state index contributed by atoms with van der Waals surface area (Å²) in [6.45, 7) is 4.15. The van der Waals surface area contributed by atoms with Crippen molar-refractivity contribution in [3.05, 3.63) is 16.3 Å². The van der Waals surface area contributed by atoms with Crippen LogP contribution in [0.1, 0.15) is 36.4 Å². The highest BCUT2D eigenvalue weighted by atomic mass is 79.9. The monoisotopic (exact) mass is 319 g/mol. The molecule has 3 nitrogen and oxygen atoms in total. The number of halogens is 1. The van der Waals surface area contributed by atoms with Gasteiger partial charge in [0.15, 0.2) is 0 Å². The number of rotatable bonds is 6. The van der Waals surface area contributed by atoms with Crippen LogP contribution in [-0.4, -0.2) is 23.9 Å². The fraction of sp³-hybridized carbons (Fsp3) is 0.583. The summed E-state index contributed by atoms with van der Waals surface area (Å²) in [5.41, 5.74) is -0.155. The molecular formula is C12H18BrNO2S. The third kappa shape index (κ3) is 4.00. The maximum absolute atomic E-state index is 12.1. The Labute approximate surface area is 115 Å². The first-order chi connectivity index (χ1) is 8.04. The number of methoxy groups -OCH3 is 1. The normalized spacial score (nSPS) is 14.1. The maximum atomic E-state index is 12.1. The fourth-order valence-electron chi connectivity index (χ4n) is 1.42. The predicted molar refractivity (Wildman–Crippen MR) is 75.4 cm³/mol. The van der Waals surface area contributed by atoms with Crippen LogP contribution in [0.15, 0.2) is 11.4 Å². The molecule has 1 N–H and O–H groups in total. The molecule has 0 fully saturated rings. The minimum absolute atomic E-state index is 0.0244. The van der Waals surface area contributed by atoms with Gasteiger partial charge >= 0.3 is 0 Å². The Bertz CT molecular complexity index is 380. The second-order valence-corrected chi connectivity index (χ2v) is 5.86. The van der Waals surface area contributed by atoms with Crippen molar-refractivity contribution in [3.8, 4) is 5.75 Å². The molecule has 0 aliphatic rings. The lowest BCUT2D eigenvalue weighted by molar-refractivity contribution is 0.0906. The smallest absolute Gasteiger partial charge is 0.261 e. The van der Waals surface area contributed by atoms with E-state index in [-0.39, 0.29) is 11.4 Å². The Morgan fingerprint density at radius 1 is 1.65 bits per heavy atom. The van der Waals surface area contributed by atoms with Gasteiger partial charge in [-0.1, -0.05) is 22.9 Å². The van der Waals surface area contributed by atoms with E-state index in [4.69, 9.17) is 4.74 Å². The first kappa shape index (κ1) is 14.5. The van der Waals surface area contributed by atoms with E-state index in [0.717, 1.165) is 23.9 Å². The van der Waals surface area contributed by atoms with Crippen molar-refractivity contribution in [1.29, 1.82) is 0 Å². The summed E-state index contributed by atoms with van der Waals surface area (Å²) in [6, 6.07) is 1.77. The van der Waals surface area contributed by atoms with Crippen LogP contribution in [0.2, 0.25) is 0 Å². The van der Waals surface area contributed by atoms with Crippen LogP contribution in [0.25, 0.3) is 0 Å². The summed E-state index contributed by atoms with van der Waals surface area (Å²) in [5, 5.41) is 5.80. The van der Waals surface area contributed by atoms with Gasteiger partial charge in [-0.3, -0.25) is 4.79 Å². The first-order valence-electron chi connectivity index (χ1n) is 5.55. The van der Waals surface area contributed by atoms with Gasteiger partial charge in [0.2, 0.25) is 0 Å². The molecule has 1 unspecified atom stereocenters. The number of carbonyl (C=O) groups is 1. The molecule has 0 saturated heterocycles. The second-order valence-electron chi connectivity index (χ2n) is 4.16. The van der Waals surface area contributed by atoms with Crippen LogP contribution >= 0.6 is 27.3 Å². The first-order valence-corrected chi connectivity index (χ1v) is 7.55. The summed E-state index contributed by atoms with van der Waals surface area (Å²) in [5.74, 6) is 0.711. The zero-order chi connectivity index (χ0) is 12.9. The van der Waals surface area contributed by atoms with Gasteiger partial charge in [-0.2, -0.15) is 0 Å². The molecule has 1 atom stereocenters. The molecule has 5 heteroatoms. The van der Waals surface area contributed by atoms with Crippen molar-refractivity contribution >= 4 is 33.2 Å². The minimum Gasteiger partial charge on any atom is -0.496 e. The van der Waals surface area contributed by atoms with Gasteiger partial charge in [-0.05, 0) is 19.8 Å². The molecule has 0 saturated carbocycles. The van der Waals surface area contributed by atoms with E-state index in [2.05, 4.69) is 35.1 Å². The molecule has 0 radical (unpaired) electrons. The molecule has 1 rings (SSSR count). The van der Waals surface area contributed by atoms with Gasteiger partial charge in [0.05, 0.1) is 12.0 Å². The van der Waals surface area contributed by atoms with Gasteiger partial charge in [0.25, 0.3) is 5.91 Å². The number of ether oxygens (including phenoxy) is 1. The zero-order valence-corrected chi connectivity index (χ0v) is 12.8. The standard InChI is InChI=1S/C12H18BrNO2S/c1-4-12(2,5-6-13)14-11(15)10-7-9(16-3)8-17-10/h7-8H,4-6H2,1-3H3,(H,14,15). The lowest BCUT2D eigenvalue weighted by atomic mass is 9.95. The summed E-state index contributed by atoms with van der Waals surface area (Å²) >= 11 is 4.82. The summed E-state index contributed by atoms with van der Waals surface area (Å²) in [4.78, 5) is 12.7. The van der Waals surface area contributed by atoms with Crippen LogP contribution in [0.3, 0.4) is 0 Å². The fourth-order valence-corrected chi connectivity index (χ4v) is 3.04. The number of hydrogen-bond donors (Lipinski definition) is 1. The van der Waals surface area contributed by atoms with E-state index in [0.29, 0.717) is 4.88 Å². The van der Waals surface area contributed by atoms with Crippen LogP contribution in [-0.2, 0) is 0 Å². The summed E-state index contributed by atoms with van der Waals surface area (Å²) < 4.78 is 5.07. The highest BCUT2D eigenvalue weighted by Crippen LogP contribution is 2.23. The average Bonchev–Trinajstić information content (AvgIpc) is 2.78. The summed E-state index contributed by atoms with van der Waals surface area (Å²) in [6.07, 6.45) is 1.82. The molecule has 0 aliphatic carbocycles. The zero-order valence-electron chi connectivity index (χ0n) is 10.4. The Morgan fingerprint density at radius 3 is 2.82 bits per heavy atom. The molecule has 0 aromatic carbocycles. The number of alkyl halides is 1. The van der Waals surface area contributed by atoms with E-state index in [1.807, 2.05) is 5.38 Å². The van der Waals surface area contributed by atoms with Gasteiger partial charge in [-0.15, -0.1) is 11.3 Å². The van der Waals surface area contributed by atoms with Gasteiger partial charge in [0, 0.05) is 22.3 Å². The van der Waals surface area contributed by atoms with E-state index >= 15 is 0 Å². The Kier molecular flexibility index (Phi) is 5.46. The average molecular weight is 320 g/mol. The van der Waals surface area contributed by atoms with Crippen molar-refractivity contribution in [1.82, 2.24) is 5.32 Å². The third-order valence-corrected chi connectivity index (χ3v) is 4.18. The quantitative estimate of drug-likeness (QED) is 0.816. The van der Waals surface area contributed by atoms with E-state index in [1.54, 1.807) is 13.2 Å². The number of thiophene rings is 1. The lowest BCUT2D eigenvalue weighted by Gasteiger charge is -2.28. The molecular weight excluding hydrogens is 302 g/mol. The van der Waals surface area contributed by atoms with Crippen molar-refractivity contribution in [3.63, 3.8) is 0 Å². The largest absolute Gasteiger partial charge is 0.496 e. The van der Waals surface area contributed by atoms with E-state index < -0.39 is 0 Å². The van der Waals surface area contributed by atoms with Crippen molar-refractivity contribution in [2.45, 2.75) is 32.2 Å². The maximum Gasteiger partial charge on any atom is 0.261 e. The predicted octanol–water partition coefficient (Wildman–Crippen LogP) is 3.44. The van der Waals surface area contributed by atoms with Crippen molar-refractivity contribution in [2.75, 3.05) is 12.4 Å². The Morgan fingerprint density at radius 2 is 2.35 bits per heavy atom. The van der Waals surface area contributed by atoms with Gasteiger partial charge < -0.3 is 10.1 Å². The molecule has 1 amide bonds. The molecule has 1 heterocycles. The number of amides is 1. The summed E-state index contributed by atoms with van der Waals surface area (Å²) in [7, 11) is 1.60. The van der Waals surface area contributed by atoms with Crippen LogP contribution in [0.5, 0.6) is 5.75 Å². The van der Waals surface area contributed by atoms with Gasteiger partial charge in [-0.25, -0.2) is 0 Å². The number of carbonyl (C=O) groups excluding carboxylic acids is 1. The molecule has 0 aliphatic heterocycles. The number of hydrogen-bond acceptors (Lipinski definition) is 3. The molecule has 0 bridgehead atoms. The minimum atomic E-state index is -0.155. The van der Waals surface area contributed by atoms with E-state index in [9.17, 15) is 4.79 Å². The van der Waals surface area contributed by atoms with Crippen LogP contribution < -0.4 is 10.1 Å². The Balaban J connectivity index is 2.70. The molecule has 1 aromatic rings. The van der Waals surface area contributed by atoms with Crippen molar-refractivity contribution < 1.29 is 9.53 Å². The molecule has 1 aromatic heterocycles. The number of nitrogens with one attached hydrogen (secondary N) is 1. The molecule has 17 heavy (non-hydrogen) atoms. The van der Waals surface area contributed by atoms with Gasteiger partial charge in [0.1, 0.15) is 5.75 Å². The molecule has 96 valence electrons. The molecule has 0 spiro atoms. The van der Waals surface area contributed by atoms with Crippen LogP contribution in [0, 0.1) is 0 Å². The lowest BCUT2D eigenvalue weighted by Crippen LogP contribution is -2.45.